The molecule has 0 aromatic heterocycles. The van der Waals surface area contributed by atoms with Gasteiger partial charge in [0.2, 0.25) is 0 Å². The van der Waals surface area contributed by atoms with E-state index in [4.69, 9.17) is 0 Å². The zero-order valence-electron chi connectivity index (χ0n) is 11.6. The van der Waals surface area contributed by atoms with Crippen LogP contribution in [0.4, 0.5) is 0 Å². The summed E-state index contributed by atoms with van der Waals surface area (Å²) in [5, 5.41) is 0. The molecule has 0 aromatic carbocycles. The van der Waals surface area contributed by atoms with Crippen molar-refractivity contribution in [3.05, 3.63) is 0 Å². The molecule has 0 aliphatic carbocycles. The molecule has 0 radical (unpaired) electrons. The minimum Gasteiger partial charge on any atom is -0.303 e. The van der Waals surface area contributed by atoms with Crippen LogP contribution in [0.15, 0.2) is 0 Å². The molecule has 4 heteroatoms. The Labute approximate surface area is 114 Å². The maximum atomic E-state index is 11.5. The molecule has 0 N–H and O–H groups in total. The molecule has 0 aliphatic heterocycles. The Morgan fingerprint density at radius 1 is 0.579 bits per heavy atom. The van der Waals surface area contributed by atoms with E-state index in [2.05, 4.69) is 0 Å². The number of hydrogen-bond acceptors (Lipinski definition) is 4. The lowest BCUT2D eigenvalue weighted by Crippen LogP contribution is -2.13. The van der Waals surface area contributed by atoms with E-state index in [1.54, 1.807) is 0 Å². The average Bonchev–Trinajstić information content (AvgIpc) is 2.42. The van der Waals surface area contributed by atoms with Crippen molar-refractivity contribution in [2.75, 3.05) is 0 Å². The minimum absolute atomic E-state index is 0.270. The van der Waals surface area contributed by atoms with Gasteiger partial charge in [0, 0.05) is 25.7 Å². The third-order valence-corrected chi connectivity index (χ3v) is 3.01. The van der Waals surface area contributed by atoms with E-state index >= 15 is 0 Å². The van der Waals surface area contributed by atoms with E-state index in [0.717, 1.165) is 44.7 Å². The zero-order chi connectivity index (χ0) is 14.3. The number of rotatable bonds is 14. The Hall–Kier alpha value is -1.32. The highest BCUT2D eigenvalue weighted by atomic mass is 16.2. The van der Waals surface area contributed by atoms with E-state index in [1.807, 2.05) is 0 Å². The third kappa shape index (κ3) is 11.5. The molecule has 0 heterocycles. The van der Waals surface area contributed by atoms with Crippen LogP contribution in [-0.4, -0.2) is 24.1 Å². The van der Waals surface area contributed by atoms with Gasteiger partial charge in [0.05, 0.1) is 0 Å². The summed E-state index contributed by atoms with van der Waals surface area (Å²) in [5.41, 5.74) is 0. The molecule has 0 fully saturated rings. The molecule has 0 bridgehead atoms. The van der Waals surface area contributed by atoms with E-state index < -0.39 is 0 Å². The highest BCUT2D eigenvalue weighted by molar-refractivity contribution is 6.37. The van der Waals surface area contributed by atoms with Crippen LogP contribution in [0.3, 0.4) is 0 Å². The first-order valence-electron chi connectivity index (χ1n) is 7.15. The Morgan fingerprint density at radius 2 is 0.947 bits per heavy atom. The lowest BCUT2D eigenvalue weighted by Gasteiger charge is -2.01. The molecule has 0 amide bonds. The van der Waals surface area contributed by atoms with Crippen molar-refractivity contribution in [1.29, 1.82) is 0 Å². The van der Waals surface area contributed by atoms with Gasteiger partial charge in [-0.1, -0.05) is 19.3 Å². The third-order valence-electron chi connectivity index (χ3n) is 3.01. The molecule has 19 heavy (non-hydrogen) atoms. The average molecular weight is 268 g/mol. The van der Waals surface area contributed by atoms with Crippen molar-refractivity contribution in [2.45, 2.75) is 70.6 Å². The molecule has 0 atom stereocenters. The van der Waals surface area contributed by atoms with Crippen molar-refractivity contribution < 1.29 is 19.2 Å². The molecule has 0 unspecified atom stereocenters. The summed E-state index contributed by atoms with van der Waals surface area (Å²) in [7, 11) is 0. The fraction of sp³-hybridized carbons (Fsp3) is 0.733. The van der Waals surface area contributed by atoms with Gasteiger partial charge in [-0.3, -0.25) is 9.59 Å². The maximum absolute atomic E-state index is 11.5. The summed E-state index contributed by atoms with van der Waals surface area (Å²) in [5.74, 6) is -0.578. The van der Waals surface area contributed by atoms with Gasteiger partial charge in [0.25, 0.3) is 0 Å². The van der Waals surface area contributed by atoms with Crippen molar-refractivity contribution in [3.8, 4) is 0 Å². The van der Waals surface area contributed by atoms with Gasteiger partial charge < -0.3 is 9.59 Å². The van der Waals surface area contributed by atoms with Gasteiger partial charge in [0.15, 0.2) is 11.6 Å². The van der Waals surface area contributed by atoms with Crippen molar-refractivity contribution in [1.82, 2.24) is 0 Å². The van der Waals surface area contributed by atoms with E-state index in [9.17, 15) is 19.2 Å². The predicted molar refractivity (Wildman–Crippen MR) is 72.9 cm³/mol. The summed E-state index contributed by atoms with van der Waals surface area (Å²) in [6.07, 6.45) is 9.34. The van der Waals surface area contributed by atoms with Gasteiger partial charge in [0.1, 0.15) is 12.6 Å². The maximum Gasteiger partial charge on any atom is 0.198 e. The first-order valence-corrected chi connectivity index (χ1v) is 7.15. The summed E-state index contributed by atoms with van der Waals surface area (Å²) >= 11 is 0. The number of carbonyl (C=O) groups excluding carboxylic acids is 4. The van der Waals surface area contributed by atoms with Gasteiger partial charge in [-0.2, -0.15) is 0 Å². The number of ketones is 2. The lowest BCUT2D eigenvalue weighted by atomic mass is 10.0. The van der Waals surface area contributed by atoms with Crippen LogP contribution in [-0.2, 0) is 19.2 Å². The fourth-order valence-corrected chi connectivity index (χ4v) is 1.84. The summed E-state index contributed by atoms with van der Waals surface area (Å²) < 4.78 is 0. The first kappa shape index (κ1) is 17.7. The van der Waals surface area contributed by atoms with Crippen LogP contribution < -0.4 is 0 Å². The fourth-order valence-electron chi connectivity index (χ4n) is 1.84. The van der Waals surface area contributed by atoms with Crippen LogP contribution in [0.1, 0.15) is 70.6 Å². The first-order chi connectivity index (χ1) is 9.22. The number of hydrogen-bond donors (Lipinski definition) is 0. The Balaban J connectivity index is 3.43. The number of carbonyl (C=O) groups is 4. The second kappa shape index (κ2) is 13.1. The standard InChI is InChI=1S/C15H24O4/c16-12-8-4-2-1-3-6-10-14(18)15(19)11-7-5-9-13-17/h12-13H,1-11H2. The Kier molecular flexibility index (Phi) is 12.2. The van der Waals surface area contributed by atoms with Crippen LogP contribution >= 0.6 is 0 Å². The molecule has 4 nitrogen and oxygen atoms in total. The minimum atomic E-state index is -0.299. The Bertz CT molecular complexity index is 284. The summed E-state index contributed by atoms with van der Waals surface area (Å²) in [6.45, 7) is 0. The van der Waals surface area contributed by atoms with Gasteiger partial charge in [-0.25, -0.2) is 0 Å². The van der Waals surface area contributed by atoms with Crippen LogP contribution in [0.5, 0.6) is 0 Å². The second-order valence-electron chi connectivity index (χ2n) is 4.73. The van der Waals surface area contributed by atoms with E-state index in [0.29, 0.717) is 32.1 Å². The highest BCUT2D eigenvalue weighted by Crippen LogP contribution is 2.08. The van der Waals surface area contributed by atoms with Crippen LogP contribution in [0, 0.1) is 0 Å². The van der Waals surface area contributed by atoms with Crippen LogP contribution in [0.2, 0.25) is 0 Å². The van der Waals surface area contributed by atoms with Crippen molar-refractivity contribution >= 4 is 24.1 Å². The van der Waals surface area contributed by atoms with E-state index in [1.165, 1.54) is 0 Å². The molecular weight excluding hydrogens is 244 g/mol. The molecule has 108 valence electrons. The summed E-state index contributed by atoms with van der Waals surface area (Å²) in [6, 6.07) is 0. The van der Waals surface area contributed by atoms with Gasteiger partial charge >= 0.3 is 0 Å². The smallest absolute Gasteiger partial charge is 0.198 e. The molecule has 0 aliphatic rings. The Morgan fingerprint density at radius 3 is 1.47 bits per heavy atom. The van der Waals surface area contributed by atoms with E-state index in [-0.39, 0.29) is 18.0 Å². The lowest BCUT2D eigenvalue weighted by molar-refractivity contribution is -0.136. The predicted octanol–water partition coefficient (Wildman–Crippen LogP) is 2.81. The van der Waals surface area contributed by atoms with Crippen molar-refractivity contribution in [3.63, 3.8) is 0 Å². The second-order valence-corrected chi connectivity index (χ2v) is 4.73. The molecular formula is C15H24O4. The molecule has 0 aromatic rings. The quantitative estimate of drug-likeness (QED) is 0.276. The van der Waals surface area contributed by atoms with Gasteiger partial charge in [-0.05, 0) is 25.7 Å². The molecule has 0 saturated heterocycles. The molecule has 0 spiro atoms. The van der Waals surface area contributed by atoms with Crippen LogP contribution in [0.25, 0.3) is 0 Å². The van der Waals surface area contributed by atoms with Gasteiger partial charge in [-0.15, -0.1) is 0 Å². The van der Waals surface area contributed by atoms with Crippen molar-refractivity contribution in [2.24, 2.45) is 0 Å². The highest BCUT2D eigenvalue weighted by Gasteiger charge is 2.12. The SMILES string of the molecule is O=CCCCCCCCC(=O)C(=O)CCCCC=O. The topological polar surface area (TPSA) is 68.3 Å². The largest absolute Gasteiger partial charge is 0.303 e. The number of unbranched alkanes of at least 4 members (excludes halogenated alkanes) is 7. The summed E-state index contributed by atoms with van der Waals surface area (Å²) in [4.78, 5) is 43.1. The normalized spacial score (nSPS) is 10.1. The molecule has 0 rings (SSSR count). The molecule has 0 saturated carbocycles. The zero-order valence-corrected chi connectivity index (χ0v) is 11.6. The monoisotopic (exact) mass is 268 g/mol. The number of Topliss-reactive ketones (excluding diaryl/α,β-unsaturated/α-hetero) is 2. The number of aldehydes is 2.